The molecular formula is C19H23N5O. The largest absolute Gasteiger partial charge is 0.341 e. The van der Waals surface area contributed by atoms with Crippen LogP contribution in [0.1, 0.15) is 19.0 Å². The number of carbonyl (C=O) groups is 1. The van der Waals surface area contributed by atoms with Gasteiger partial charge in [0.2, 0.25) is 11.9 Å². The molecule has 2 aliphatic rings. The molecule has 6 heteroatoms. The van der Waals surface area contributed by atoms with E-state index in [0.717, 1.165) is 49.8 Å². The van der Waals surface area contributed by atoms with Crippen molar-refractivity contribution < 1.29 is 4.79 Å². The van der Waals surface area contributed by atoms with Gasteiger partial charge >= 0.3 is 0 Å². The summed E-state index contributed by atoms with van der Waals surface area (Å²) in [4.78, 5) is 27.3. The van der Waals surface area contributed by atoms with Crippen molar-refractivity contribution in [2.45, 2.75) is 25.8 Å². The zero-order chi connectivity index (χ0) is 17.4. The number of aromatic nitrogens is 2. The molecule has 0 unspecified atom stereocenters. The van der Waals surface area contributed by atoms with Crippen LogP contribution in [-0.4, -0.2) is 53.5 Å². The summed E-state index contributed by atoms with van der Waals surface area (Å²) in [5.74, 6) is 0.897. The summed E-state index contributed by atoms with van der Waals surface area (Å²) in [6.07, 6.45) is 3.84. The predicted octanol–water partition coefficient (Wildman–Crippen LogP) is 2.23. The van der Waals surface area contributed by atoms with Gasteiger partial charge in [-0.15, -0.1) is 0 Å². The predicted molar refractivity (Wildman–Crippen MR) is 98.2 cm³/mol. The van der Waals surface area contributed by atoms with Crippen molar-refractivity contribution in [1.29, 1.82) is 0 Å². The van der Waals surface area contributed by atoms with E-state index in [1.807, 2.05) is 24.2 Å². The third-order valence-corrected chi connectivity index (χ3v) is 5.25. The van der Waals surface area contributed by atoms with Gasteiger partial charge in [-0.3, -0.25) is 4.79 Å². The molecule has 2 aromatic rings. The average Bonchev–Trinajstić information content (AvgIpc) is 3.28. The minimum absolute atomic E-state index is 0.111. The molecule has 25 heavy (non-hydrogen) atoms. The SMILES string of the molecule is CC(=O)N(C)[C@H]1CCN(c2ncc3c(n2)CCN3c2ccccc2)C1. The normalized spacial score (nSPS) is 19.2. The standard InChI is InChI=1S/C19H23N5O/c1-14(25)22(2)16-8-10-23(13-16)19-20-12-18-17(21-19)9-11-24(18)15-6-4-3-5-7-15/h3-7,12,16H,8-11,13H2,1-2H3/t16-/m0/s1. The van der Waals surface area contributed by atoms with E-state index in [1.165, 1.54) is 5.69 Å². The fourth-order valence-corrected chi connectivity index (χ4v) is 3.67. The number of para-hydroxylation sites is 1. The monoisotopic (exact) mass is 337 g/mol. The number of hydrogen-bond donors (Lipinski definition) is 0. The Hall–Kier alpha value is -2.63. The van der Waals surface area contributed by atoms with Crippen LogP contribution in [0.25, 0.3) is 0 Å². The van der Waals surface area contributed by atoms with Crippen molar-refractivity contribution in [2.75, 3.05) is 36.5 Å². The zero-order valence-electron chi connectivity index (χ0n) is 14.7. The van der Waals surface area contributed by atoms with E-state index >= 15 is 0 Å². The summed E-state index contributed by atoms with van der Waals surface area (Å²) >= 11 is 0. The Morgan fingerprint density at radius 3 is 2.80 bits per heavy atom. The topological polar surface area (TPSA) is 52.6 Å². The van der Waals surface area contributed by atoms with Gasteiger partial charge in [0.05, 0.1) is 23.6 Å². The smallest absolute Gasteiger partial charge is 0.225 e. The van der Waals surface area contributed by atoms with Crippen LogP contribution in [0, 0.1) is 0 Å². The van der Waals surface area contributed by atoms with Crippen molar-refractivity contribution in [3.63, 3.8) is 0 Å². The van der Waals surface area contributed by atoms with Crippen LogP contribution in [0.4, 0.5) is 17.3 Å². The van der Waals surface area contributed by atoms with Crippen molar-refractivity contribution >= 4 is 23.2 Å². The van der Waals surface area contributed by atoms with E-state index < -0.39 is 0 Å². The molecule has 1 aromatic carbocycles. The van der Waals surface area contributed by atoms with Crippen LogP contribution >= 0.6 is 0 Å². The minimum atomic E-state index is 0.111. The number of likely N-dealkylation sites (N-methyl/N-ethyl adjacent to an activating group) is 1. The molecule has 0 aliphatic carbocycles. The van der Waals surface area contributed by atoms with Crippen molar-refractivity contribution in [1.82, 2.24) is 14.9 Å². The molecule has 1 atom stereocenters. The lowest BCUT2D eigenvalue weighted by atomic mass is 10.2. The molecule has 1 fully saturated rings. The first-order valence-electron chi connectivity index (χ1n) is 8.80. The van der Waals surface area contributed by atoms with E-state index in [4.69, 9.17) is 4.98 Å². The molecule has 130 valence electrons. The van der Waals surface area contributed by atoms with E-state index in [1.54, 1.807) is 6.92 Å². The number of fused-ring (bicyclic) bond motifs is 1. The zero-order valence-corrected chi connectivity index (χ0v) is 14.7. The van der Waals surface area contributed by atoms with E-state index in [0.29, 0.717) is 0 Å². The van der Waals surface area contributed by atoms with Gasteiger partial charge in [0, 0.05) is 45.7 Å². The highest BCUT2D eigenvalue weighted by Gasteiger charge is 2.30. The Labute approximate surface area is 148 Å². The first-order valence-corrected chi connectivity index (χ1v) is 8.80. The molecule has 0 radical (unpaired) electrons. The Bertz CT molecular complexity index is 779. The number of benzene rings is 1. The van der Waals surface area contributed by atoms with Crippen LogP contribution < -0.4 is 9.80 Å². The summed E-state index contributed by atoms with van der Waals surface area (Å²) in [6.45, 7) is 4.25. The maximum Gasteiger partial charge on any atom is 0.225 e. The summed E-state index contributed by atoms with van der Waals surface area (Å²) < 4.78 is 0. The molecule has 4 rings (SSSR count). The summed E-state index contributed by atoms with van der Waals surface area (Å²) in [5.41, 5.74) is 3.39. The van der Waals surface area contributed by atoms with E-state index in [2.05, 4.69) is 39.0 Å². The van der Waals surface area contributed by atoms with Gasteiger partial charge in [-0.1, -0.05) is 18.2 Å². The molecule has 2 aliphatic heterocycles. The first-order chi connectivity index (χ1) is 12.1. The number of amides is 1. The van der Waals surface area contributed by atoms with Gasteiger partial charge in [-0.25, -0.2) is 9.97 Å². The van der Waals surface area contributed by atoms with E-state index in [-0.39, 0.29) is 11.9 Å². The lowest BCUT2D eigenvalue weighted by molar-refractivity contribution is -0.129. The molecule has 1 aromatic heterocycles. The van der Waals surface area contributed by atoms with Crippen molar-refractivity contribution in [2.24, 2.45) is 0 Å². The molecule has 0 spiro atoms. The van der Waals surface area contributed by atoms with Crippen LogP contribution in [0.5, 0.6) is 0 Å². The fourth-order valence-electron chi connectivity index (χ4n) is 3.67. The maximum absolute atomic E-state index is 11.6. The highest BCUT2D eigenvalue weighted by Crippen LogP contribution is 2.34. The van der Waals surface area contributed by atoms with Gasteiger partial charge in [0.25, 0.3) is 0 Å². The lowest BCUT2D eigenvalue weighted by Crippen LogP contribution is -2.37. The van der Waals surface area contributed by atoms with E-state index in [9.17, 15) is 4.79 Å². The molecule has 0 N–H and O–H groups in total. The number of rotatable bonds is 3. The average molecular weight is 337 g/mol. The number of carbonyl (C=O) groups excluding carboxylic acids is 1. The second-order valence-electron chi connectivity index (χ2n) is 6.76. The summed E-state index contributed by atoms with van der Waals surface area (Å²) in [6, 6.07) is 10.6. The van der Waals surface area contributed by atoms with Gasteiger partial charge < -0.3 is 14.7 Å². The van der Waals surface area contributed by atoms with Gasteiger partial charge in [0.1, 0.15) is 0 Å². The van der Waals surface area contributed by atoms with Crippen LogP contribution in [0.2, 0.25) is 0 Å². The lowest BCUT2D eigenvalue weighted by Gasteiger charge is -2.24. The van der Waals surface area contributed by atoms with Crippen LogP contribution in [0.15, 0.2) is 36.5 Å². The Morgan fingerprint density at radius 1 is 1.24 bits per heavy atom. The maximum atomic E-state index is 11.6. The molecule has 0 bridgehead atoms. The number of anilines is 3. The van der Waals surface area contributed by atoms with Gasteiger partial charge in [-0.05, 0) is 18.6 Å². The number of nitrogens with zero attached hydrogens (tertiary/aromatic N) is 5. The molecule has 0 saturated carbocycles. The van der Waals surface area contributed by atoms with Crippen LogP contribution in [-0.2, 0) is 11.2 Å². The number of hydrogen-bond acceptors (Lipinski definition) is 5. The first kappa shape index (κ1) is 15.9. The van der Waals surface area contributed by atoms with Crippen molar-refractivity contribution in [3.8, 4) is 0 Å². The minimum Gasteiger partial charge on any atom is -0.341 e. The van der Waals surface area contributed by atoms with Crippen molar-refractivity contribution in [3.05, 3.63) is 42.2 Å². The fraction of sp³-hybridized carbons (Fsp3) is 0.421. The second kappa shape index (κ2) is 6.35. The Balaban J connectivity index is 1.52. The Morgan fingerprint density at radius 2 is 2.04 bits per heavy atom. The molecule has 6 nitrogen and oxygen atoms in total. The molecule has 1 saturated heterocycles. The van der Waals surface area contributed by atoms with Gasteiger partial charge in [-0.2, -0.15) is 0 Å². The molecular weight excluding hydrogens is 314 g/mol. The highest BCUT2D eigenvalue weighted by atomic mass is 16.2. The third kappa shape index (κ3) is 2.92. The van der Waals surface area contributed by atoms with Crippen LogP contribution in [0.3, 0.4) is 0 Å². The van der Waals surface area contributed by atoms with Gasteiger partial charge in [0.15, 0.2) is 0 Å². The third-order valence-electron chi connectivity index (χ3n) is 5.25. The Kier molecular flexibility index (Phi) is 4.03. The second-order valence-corrected chi connectivity index (χ2v) is 6.76. The summed E-state index contributed by atoms with van der Waals surface area (Å²) in [7, 11) is 1.87. The molecule has 3 heterocycles. The highest BCUT2D eigenvalue weighted by molar-refractivity contribution is 5.73. The molecule has 1 amide bonds. The quantitative estimate of drug-likeness (QED) is 0.860. The summed E-state index contributed by atoms with van der Waals surface area (Å²) in [5, 5.41) is 0.